The molecule has 5 rings (SSSR count). The standard InChI is InChI=1S/C19H14BN/c1-12-6-4-10-16-19(12)21-17-11-5-8-14-13-7-2-3-9-15(13)20(16)18(14)17/h2-11,21H,1H3. The molecular formula is C19H14BN. The minimum absolute atomic E-state index is 0.378. The molecule has 3 aromatic rings. The van der Waals surface area contributed by atoms with Gasteiger partial charge in [0.05, 0.1) is 0 Å². The van der Waals surface area contributed by atoms with Crippen LogP contribution >= 0.6 is 0 Å². The Kier molecular flexibility index (Phi) is 2.02. The third kappa shape index (κ3) is 1.32. The van der Waals surface area contributed by atoms with Crippen molar-refractivity contribution in [1.82, 2.24) is 0 Å². The normalized spacial score (nSPS) is 13.3. The van der Waals surface area contributed by atoms with Gasteiger partial charge in [-0.2, -0.15) is 0 Å². The number of nitrogens with one attached hydrogen (secondary N) is 1. The summed E-state index contributed by atoms with van der Waals surface area (Å²) in [6, 6.07) is 22.0. The van der Waals surface area contributed by atoms with Crippen LogP contribution in [0.4, 0.5) is 11.4 Å². The summed E-state index contributed by atoms with van der Waals surface area (Å²) in [5.41, 5.74) is 10.9. The van der Waals surface area contributed by atoms with Crippen molar-refractivity contribution in [3.05, 3.63) is 66.2 Å². The number of hydrogen-bond donors (Lipinski definition) is 1. The summed E-state index contributed by atoms with van der Waals surface area (Å²) >= 11 is 0. The van der Waals surface area contributed by atoms with Crippen LogP contribution < -0.4 is 21.7 Å². The van der Waals surface area contributed by atoms with Gasteiger partial charge in [-0.3, -0.25) is 0 Å². The van der Waals surface area contributed by atoms with E-state index in [1.165, 1.54) is 44.5 Å². The van der Waals surface area contributed by atoms with Crippen molar-refractivity contribution in [2.75, 3.05) is 5.32 Å². The monoisotopic (exact) mass is 267 g/mol. The largest absolute Gasteiger partial charge is 0.356 e. The first-order valence-corrected chi connectivity index (χ1v) is 7.43. The molecule has 0 saturated carbocycles. The molecule has 2 aliphatic rings. The van der Waals surface area contributed by atoms with Crippen LogP contribution in [0.15, 0.2) is 60.7 Å². The Labute approximate surface area is 124 Å². The fourth-order valence-corrected chi connectivity index (χ4v) is 3.93. The maximum Gasteiger partial charge on any atom is 0.248 e. The lowest BCUT2D eigenvalue weighted by Gasteiger charge is -2.26. The van der Waals surface area contributed by atoms with Crippen molar-refractivity contribution < 1.29 is 0 Å². The Morgan fingerprint density at radius 2 is 1.52 bits per heavy atom. The highest BCUT2D eigenvalue weighted by atomic mass is 14.9. The zero-order chi connectivity index (χ0) is 14.0. The summed E-state index contributed by atoms with van der Waals surface area (Å²) in [6.45, 7) is 2.56. The highest BCUT2D eigenvalue weighted by Crippen LogP contribution is 2.32. The zero-order valence-electron chi connectivity index (χ0n) is 11.9. The summed E-state index contributed by atoms with van der Waals surface area (Å²) in [5.74, 6) is 0. The molecule has 0 bridgehead atoms. The SMILES string of the molecule is Cc1cccc2c1Nc1cccc3c1B2c1ccccc1-3. The molecule has 0 fully saturated rings. The predicted octanol–water partition coefficient (Wildman–Crippen LogP) is 2.55. The quantitative estimate of drug-likeness (QED) is 0.425. The second kappa shape index (κ2) is 3.79. The van der Waals surface area contributed by atoms with Crippen LogP contribution in [0.5, 0.6) is 0 Å². The number of aryl methyl sites for hydroxylation is 1. The van der Waals surface area contributed by atoms with Crippen molar-refractivity contribution in [3.8, 4) is 11.1 Å². The molecular weight excluding hydrogens is 253 g/mol. The molecule has 3 aromatic carbocycles. The van der Waals surface area contributed by atoms with E-state index in [4.69, 9.17) is 0 Å². The van der Waals surface area contributed by atoms with Crippen LogP contribution in [0.1, 0.15) is 5.56 Å². The van der Waals surface area contributed by atoms with Gasteiger partial charge in [0.25, 0.3) is 0 Å². The average Bonchev–Trinajstić information content (AvgIpc) is 2.86. The highest BCUT2D eigenvalue weighted by molar-refractivity contribution is 7.01. The third-order valence-corrected chi connectivity index (χ3v) is 4.83. The average molecular weight is 267 g/mol. The molecule has 98 valence electrons. The minimum Gasteiger partial charge on any atom is -0.356 e. The number of para-hydroxylation sites is 1. The lowest BCUT2D eigenvalue weighted by atomic mass is 9.37. The number of rotatable bonds is 0. The third-order valence-electron chi connectivity index (χ3n) is 4.83. The van der Waals surface area contributed by atoms with Crippen LogP contribution in [0, 0.1) is 6.92 Å². The van der Waals surface area contributed by atoms with Crippen molar-refractivity contribution in [3.63, 3.8) is 0 Å². The van der Waals surface area contributed by atoms with Crippen LogP contribution in [-0.4, -0.2) is 6.71 Å². The van der Waals surface area contributed by atoms with E-state index in [0.29, 0.717) is 6.71 Å². The van der Waals surface area contributed by atoms with Gasteiger partial charge in [-0.1, -0.05) is 60.1 Å². The molecule has 2 heterocycles. The van der Waals surface area contributed by atoms with E-state index in [0.717, 1.165) is 0 Å². The van der Waals surface area contributed by atoms with Gasteiger partial charge >= 0.3 is 0 Å². The first-order valence-electron chi connectivity index (χ1n) is 7.43. The first-order chi connectivity index (χ1) is 10.3. The van der Waals surface area contributed by atoms with Gasteiger partial charge in [-0.05, 0) is 40.6 Å². The van der Waals surface area contributed by atoms with E-state index in [-0.39, 0.29) is 0 Å². The maximum absolute atomic E-state index is 3.65. The first kappa shape index (κ1) is 11.2. The smallest absolute Gasteiger partial charge is 0.248 e. The summed E-state index contributed by atoms with van der Waals surface area (Å²) in [7, 11) is 0. The van der Waals surface area contributed by atoms with E-state index in [1.807, 2.05) is 0 Å². The van der Waals surface area contributed by atoms with Gasteiger partial charge in [-0.25, -0.2) is 0 Å². The Hall–Kier alpha value is -2.48. The molecule has 0 amide bonds. The number of fused-ring (bicyclic) bond motifs is 5. The topological polar surface area (TPSA) is 12.0 Å². The second-order valence-electron chi connectivity index (χ2n) is 5.95. The predicted molar refractivity (Wildman–Crippen MR) is 91.0 cm³/mol. The Bertz CT molecular complexity index is 898. The molecule has 2 aliphatic heterocycles. The Balaban J connectivity index is 1.92. The van der Waals surface area contributed by atoms with Gasteiger partial charge in [0.15, 0.2) is 0 Å². The van der Waals surface area contributed by atoms with Crippen molar-refractivity contribution in [2.45, 2.75) is 6.92 Å². The van der Waals surface area contributed by atoms with Gasteiger partial charge in [0.2, 0.25) is 6.71 Å². The number of benzene rings is 3. The van der Waals surface area contributed by atoms with E-state index in [2.05, 4.69) is 72.9 Å². The van der Waals surface area contributed by atoms with Crippen molar-refractivity contribution in [1.29, 1.82) is 0 Å². The second-order valence-corrected chi connectivity index (χ2v) is 5.95. The minimum atomic E-state index is 0.378. The van der Waals surface area contributed by atoms with E-state index >= 15 is 0 Å². The van der Waals surface area contributed by atoms with Gasteiger partial charge in [-0.15, -0.1) is 0 Å². The Morgan fingerprint density at radius 3 is 2.48 bits per heavy atom. The van der Waals surface area contributed by atoms with Gasteiger partial charge < -0.3 is 5.32 Å². The van der Waals surface area contributed by atoms with E-state index in [9.17, 15) is 0 Å². The van der Waals surface area contributed by atoms with Gasteiger partial charge in [0.1, 0.15) is 0 Å². The molecule has 0 aliphatic carbocycles. The number of hydrogen-bond acceptors (Lipinski definition) is 1. The summed E-state index contributed by atoms with van der Waals surface area (Å²) in [5, 5.41) is 3.65. The molecule has 0 aromatic heterocycles. The van der Waals surface area contributed by atoms with Gasteiger partial charge in [0, 0.05) is 11.4 Å². The molecule has 0 saturated heterocycles. The fraction of sp³-hybridized carbons (Fsp3) is 0.0526. The molecule has 0 unspecified atom stereocenters. The summed E-state index contributed by atoms with van der Waals surface area (Å²) in [6.07, 6.45) is 0. The van der Waals surface area contributed by atoms with E-state index in [1.54, 1.807) is 0 Å². The lowest BCUT2D eigenvalue weighted by Crippen LogP contribution is -2.53. The fourth-order valence-electron chi connectivity index (χ4n) is 3.93. The molecule has 1 nitrogen and oxygen atoms in total. The summed E-state index contributed by atoms with van der Waals surface area (Å²) in [4.78, 5) is 0. The van der Waals surface area contributed by atoms with Crippen molar-refractivity contribution in [2.24, 2.45) is 0 Å². The number of anilines is 2. The Morgan fingerprint density at radius 1 is 0.762 bits per heavy atom. The molecule has 1 N–H and O–H groups in total. The maximum atomic E-state index is 3.65. The molecule has 2 heteroatoms. The van der Waals surface area contributed by atoms with Crippen LogP contribution in [0.3, 0.4) is 0 Å². The zero-order valence-corrected chi connectivity index (χ0v) is 11.9. The molecule has 0 spiro atoms. The molecule has 21 heavy (non-hydrogen) atoms. The van der Waals surface area contributed by atoms with Crippen LogP contribution in [0.25, 0.3) is 11.1 Å². The lowest BCUT2D eigenvalue weighted by molar-refractivity contribution is 1.45. The van der Waals surface area contributed by atoms with Crippen molar-refractivity contribution >= 4 is 34.5 Å². The van der Waals surface area contributed by atoms with Crippen LogP contribution in [0.2, 0.25) is 0 Å². The summed E-state index contributed by atoms with van der Waals surface area (Å²) < 4.78 is 0. The molecule has 0 atom stereocenters. The van der Waals surface area contributed by atoms with E-state index < -0.39 is 0 Å². The highest BCUT2D eigenvalue weighted by Gasteiger charge is 2.39. The van der Waals surface area contributed by atoms with Crippen LogP contribution in [-0.2, 0) is 0 Å². The molecule has 0 radical (unpaired) electrons.